The first-order chi connectivity index (χ1) is 8.60. The number of hydrogen-bond donors (Lipinski definition) is 1. The van der Waals surface area contributed by atoms with E-state index in [1.54, 1.807) is 24.8 Å². The van der Waals surface area contributed by atoms with Crippen LogP contribution in [0.4, 0.5) is 0 Å². The third kappa shape index (κ3) is 2.68. The minimum absolute atomic E-state index is 0.168. The summed E-state index contributed by atoms with van der Waals surface area (Å²) in [5, 5.41) is 8.93. The van der Waals surface area contributed by atoms with E-state index >= 15 is 0 Å². The molecule has 5 heteroatoms. The lowest BCUT2D eigenvalue weighted by Crippen LogP contribution is -2.06. The Hall–Kier alpha value is -1.88. The van der Waals surface area contributed by atoms with Crippen LogP contribution < -0.4 is 0 Å². The van der Waals surface area contributed by atoms with Gasteiger partial charge in [0.2, 0.25) is 5.82 Å². The molecule has 0 atom stereocenters. The van der Waals surface area contributed by atoms with Gasteiger partial charge in [-0.25, -0.2) is 14.8 Å². The molecule has 4 nitrogen and oxygen atoms in total. The van der Waals surface area contributed by atoms with E-state index in [9.17, 15) is 4.79 Å². The maximum absolute atomic E-state index is 10.9. The van der Waals surface area contributed by atoms with E-state index < -0.39 is 5.97 Å². The lowest BCUT2D eigenvalue weighted by molar-refractivity contribution is 0.0683. The molecule has 1 N–H and O–H groups in total. The number of nitrogens with zero attached hydrogens (tertiary/aromatic N) is 2. The number of benzene rings is 1. The first kappa shape index (κ1) is 12.6. The fraction of sp³-hybridized carbons (Fsp3) is 0.154. The van der Waals surface area contributed by atoms with Gasteiger partial charge in [0.05, 0.1) is 5.69 Å². The predicted octanol–water partition coefficient (Wildman–Crippen LogP) is 2.87. The summed E-state index contributed by atoms with van der Waals surface area (Å²) in [6.45, 7) is 1.76. The lowest BCUT2D eigenvalue weighted by Gasteiger charge is -2.04. The molecule has 18 heavy (non-hydrogen) atoms. The van der Waals surface area contributed by atoms with E-state index in [0.717, 1.165) is 10.5 Å². The van der Waals surface area contributed by atoms with Crippen molar-refractivity contribution in [2.24, 2.45) is 0 Å². The molecule has 0 saturated heterocycles. The van der Waals surface area contributed by atoms with Crippen LogP contribution in [0.2, 0.25) is 0 Å². The van der Waals surface area contributed by atoms with Crippen LogP contribution in [0.3, 0.4) is 0 Å². The van der Waals surface area contributed by atoms with Crippen LogP contribution in [0.5, 0.6) is 0 Å². The third-order valence-electron chi connectivity index (χ3n) is 2.43. The summed E-state index contributed by atoms with van der Waals surface area (Å²) in [5.74, 6) is -1.28. The zero-order valence-corrected chi connectivity index (χ0v) is 10.9. The molecule has 0 aliphatic carbocycles. The standard InChI is InChI=1S/C13H12N2O2S/c1-8-7-11(15-12(14-8)13(16)17)9-3-5-10(18-2)6-4-9/h3-7H,1-2H3,(H,16,17). The van der Waals surface area contributed by atoms with Crippen LogP contribution in [-0.4, -0.2) is 27.3 Å². The Balaban J connectivity index is 2.46. The molecule has 0 fully saturated rings. The number of carboxylic acid groups (broad SMARTS) is 1. The van der Waals surface area contributed by atoms with Crippen molar-refractivity contribution >= 4 is 17.7 Å². The first-order valence-corrected chi connectivity index (χ1v) is 6.56. The number of thioether (sulfide) groups is 1. The Labute approximate surface area is 109 Å². The van der Waals surface area contributed by atoms with Gasteiger partial charge < -0.3 is 5.11 Å². The summed E-state index contributed by atoms with van der Waals surface area (Å²) in [7, 11) is 0. The van der Waals surface area contributed by atoms with Gasteiger partial charge in [0.1, 0.15) is 0 Å². The van der Waals surface area contributed by atoms with Gasteiger partial charge in [-0.3, -0.25) is 0 Å². The quantitative estimate of drug-likeness (QED) is 0.860. The van der Waals surface area contributed by atoms with Crippen molar-refractivity contribution in [1.29, 1.82) is 0 Å². The van der Waals surface area contributed by atoms with Gasteiger partial charge in [0, 0.05) is 16.2 Å². The van der Waals surface area contributed by atoms with Gasteiger partial charge in [-0.15, -0.1) is 11.8 Å². The summed E-state index contributed by atoms with van der Waals surface area (Å²) in [5.41, 5.74) is 2.17. The number of aryl methyl sites for hydroxylation is 1. The molecule has 0 bridgehead atoms. The maximum atomic E-state index is 10.9. The molecule has 0 aliphatic heterocycles. The van der Waals surface area contributed by atoms with Crippen molar-refractivity contribution in [3.05, 3.63) is 41.9 Å². The molecule has 2 rings (SSSR count). The van der Waals surface area contributed by atoms with Crippen LogP contribution in [0.25, 0.3) is 11.3 Å². The molecular weight excluding hydrogens is 248 g/mol. The average Bonchev–Trinajstić information content (AvgIpc) is 2.38. The van der Waals surface area contributed by atoms with Gasteiger partial charge in [0.25, 0.3) is 0 Å². The molecular formula is C13H12N2O2S. The summed E-state index contributed by atoms with van der Waals surface area (Å²) < 4.78 is 0. The molecule has 0 unspecified atom stereocenters. The Morgan fingerprint density at radius 1 is 1.22 bits per heavy atom. The Morgan fingerprint density at radius 3 is 2.44 bits per heavy atom. The van der Waals surface area contributed by atoms with E-state index in [4.69, 9.17) is 5.11 Å². The Kier molecular flexibility index (Phi) is 3.62. The highest BCUT2D eigenvalue weighted by molar-refractivity contribution is 7.98. The number of carboxylic acids is 1. The van der Waals surface area contributed by atoms with Crippen LogP contribution in [0, 0.1) is 6.92 Å². The fourth-order valence-electron chi connectivity index (χ4n) is 1.57. The third-order valence-corrected chi connectivity index (χ3v) is 3.17. The molecule has 0 saturated carbocycles. The zero-order chi connectivity index (χ0) is 13.1. The van der Waals surface area contributed by atoms with Crippen molar-refractivity contribution < 1.29 is 9.90 Å². The van der Waals surface area contributed by atoms with Crippen molar-refractivity contribution in [3.63, 3.8) is 0 Å². The van der Waals surface area contributed by atoms with Gasteiger partial charge in [-0.1, -0.05) is 12.1 Å². The van der Waals surface area contributed by atoms with Crippen LogP contribution in [-0.2, 0) is 0 Å². The number of hydrogen-bond acceptors (Lipinski definition) is 4. The van der Waals surface area contributed by atoms with Crippen molar-refractivity contribution in [3.8, 4) is 11.3 Å². The van der Waals surface area contributed by atoms with Crippen LogP contribution in [0.1, 0.15) is 16.3 Å². The van der Waals surface area contributed by atoms with Crippen molar-refractivity contribution in [2.45, 2.75) is 11.8 Å². The normalized spacial score (nSPS) is 10.3. The monoisotopic (exact) mass is 260 g/mol. The van der Waals surface area contributed by atoms with Crippen molar-refractivity contribution in [2.75, 3.05) is 6.26 Å². The van der Waals surface area contributed by atoms with Gasteiger partial charge in [0.15, 0.2) is 0 Å². The number of aromatic carboxylic acids is 1. The largest absolute Gasteiger partial charge is 0.475 e. The van der Waals surface area contributed by atoms with E-state index in [0.29, 0.717) is 11.4 Å². The summed E-state index contributed by atoms with van der Waals surface area (Å²) in [4.78, 5) is 20.0. The van der Waals surface area contributed by atoms with Gasteiger partial charge >= 0.3 is 5.97 Å². The topological polar surface area (TPSA) is 63.1 Å². The molecule has 92 valence electrons. The second-order valence-corrected chi connectivity index (χ2v) is 4.63. The maximum Gasteiger partial charge on any atom is 0.373 e. The Bertz CT molecular complexity index is 582. The Morgan fingerprint density at radius 2 is 1.89 bits per heavy atom. The molecule has 1 aromatic carbocycles. The predicted molar refractivity (Wildman–Crippen MR) is 70.9 cm³/mol. The molecule has 0 radical (unpaired) electrons. The molecule has 2 aromatic rings. The number of carbonyl (C=O) groups is 1. The summed E-state index contributed by atoms with van der Waals surface area (Å²) >= 11 is 1.66. The fourth-order valence-corrected chi connectivity index (χ4v) is 1.98. The SMILES string of the molecule is CSc1ccc(-c2cc(C)nc(C(=O)O)n2)cc1. The van der Waals surface area contributed by atoms with E-state index in [1.807, 2.05) is 30.5 Å². The number of aromatic nitrogens is 2. The lowest BCUT2D eigenvalue weighted by atomic mass is 10.1. The second kappa shape index (κ2) is 5.18. The first-order valence-electron chi connectivity index (χ1n) is 5.33. The average molecular weight is 260 g/mol. The van der Waals surface area contributed by atoms with Crippen LogP contribution >= 0.6 is 11.8 Å². The molecule has 1 aromatic heterocycles. The highest BCUT2D eigenvalue weighted by Crippen LogP contribution is 2.22. The van der Waals surface area contributed by atoms with Gasteiger partial charge in [-0.05, 0) is 31.4 Å². The van der Waals surface area contributed by atoms with Gasteiger partial charge in [-0.2, -0.15) is 0 Å². The van der Waals surface area contributed by atoms with Crippen LogP contribution in [0.15, 0.2) is 35.2 Å². The van der Waals surface area contributed by atoms with E-state index in [1.165, 1.54) is 0 Å². The highest BCUT2D eigenvalue weighted by Gasteiger charge is 2.10. The smallest absolute Gasteiger partial charge is 0.373 e. The molecule has 0 aliphatic rings. The van der Waals surface area contributed by atoms with E-state index in [2.05, 4.69) is 9.97 Å². The minimum Gasteiger partial charge on any atom is -0.475 e. The molecule has 0 spiro atoms. The second-order valence-electron chi connectivity index (χ2n) is 3.75. The molecule has 0 amide bonds. The highest BCUT2D eigenvalue weighted by atomic mass is 32.2. The molecule has 1 heterocycles. The number of rotatable bonds is 3. The minimum atomic E-state index is -1.11. The summed E-state index contributed by atoms with van der Waals surface area (Å²) in [6.07, 6.45) is 2.01. The van der Waals surface area contributed by atoms with Crippen molar-refractivity contribution in [1.82, 2.24) is 9.97 Å². The van der Waals surface area contributed by atoms with E-state index in [-0.39, 0.29) is 5.82 Å². The summed E-state index contributed by atoms with van der Waals surface area (Å²) in [6, 6.07) is 9.61. The zero-order valence-electron chi connectivity index (χ0n) is 10.0.